The molecule has 5 rings (SSSR count). The van der Waals surface area contributed by atoms with Crippen LogP contribution in [-0.4, -0.2) is 38.8 Å². The summed E-state index contributed by atoms with van der Waals surface area (Å²) in [6.07, 6.45) is 1.53. The minimum absolute atomic E-state index is 0.186. The Morgan fingerprint density at radius 3 is 2.53 bits per heavy atom. The summed E-state index contributed by atoms with van der Waals surface area (Å²) in [7, 11) is 0. The Hall–Kier alpha value is -3.33. The number of non-ortho nitro benzene ring substituents is 1. The number of hydrogen-bond donors (Lipinski definition) is 1. The number of hydrogen-bond acceptors (Lipinski definition) is 6. The summed E-state index contributed by atoms with van der Waals surface area (Å²) in [5.74, 6) is -1.02. The number of nitrogens with one attached hydrogen (secondary N) is 1. The molecule has 0 saturated carbocycles. The molecule has 0 aromatic heterocycles. The van der Waals surface area contributed by atoms with Crippen molar-refractivity contribution >= 4 is 17.3 Å². The normalized spacial score (nSPS) is 32.1. The third-order valence-corrected chi connectivity index (χ3v) is 7.17. The summed E-state index contributed by atoms with van der Waals surface area (Å²) in [5, 5.41) is 27.0. The number of benzene rings is 2. The van der Waals surface area contributed by atoms with Gasteiger partial charge in [0.15, 0.2) is 5.54 Å². The van der Waals surface area contributed by atoms with Gasteiger partial charge in [-0.3, -0.25) is 29.9 Å². The first kappa shape index (κ1) is 18.7. The maximum Gasteiger partial charge on any atom is 0.269 e. The van der Waals surface area contributed by atoms with Gasteiger partial charge in [-0.25, -0.2) is 0 Å². The number of carbonyl (C=O) groups excluding carboxylic acids is 1. The summed E-state index contributed by atoms with van der Waals surface area (Å²) in [6, 6.07) is 13.2. The molecule has 9 nitrogen and oxygen atoms in total. The smallest absolute Gasteiger partial charge is 0.269 e. The van der Waals surface area contributed by atoms with Gasteiger partial charge in [0, 0.05) is 47.8 Å². The molecule has 4 atom stereocenters. The van der Waals surface area contributed by atoms with E-state index in [1.54, 1.807) is 0 Å². The van der Waals surface area contributed by atoms with Crippen molar-refractivity contribution in [3.63, 3.8) is 0 Å². The molecule has 3 aliphatic rings. The van der Waals surface area contributed by atoms with Crippen molar-refractivity contribution in [2.45, 2.75) is 42.8 Å². The second-order valence-electron chi connectivity index (χ2n) is 8.35. The molecular formula is C21H20N4O5. The van der Waals surface area contributed by atoms with Crippen molar-refractivity contribution in [3.05, 3.63) is 79.9 Å². The number of anilines is 1. The molecule has 3 heterocycles. The Bertz CT molecular complexity index is 1090. The zero-order valence-electron chi connectivity index (χ0n) is 16.3. The van der Waals surface area contributed by atoms with E-state index >= 15 is 0 Å². The van der Waals surface area contributed by atoms with Gasteiger partial charge in [0.2, 0.25) is 0 Å². The average molecular weight is 408 g/mol. The number of nitro benzene ring substituents is 1. The molecule has 1 amide bonds. The molecule has 9 heteroatoms. The van der Waals surface area contributed by atoms with E-state index in [9.17, 15) is 25.0 Å². The lowest BCUT2D eigenvalue weighted by molar-refractivity contribution is -0.579. The highest BCUT2D eigenvalue weighted by Crippen LogP contribution is 2.63. The van der Waals surface area contributed by atoms with Crippen LogP contribution in [0.25, 0.3) is 0 Å². The largest absolute Gasteiger partial charge is 0.324 e. The Kier molecular flexibility index (Phi) is 3.79. The van der Waals surface area contributed by atoms with Gasteiger partial charge in [0.1, 0.15) is 0 Å². The topological polar surface area (TPSA) is 119 Å². The lowest BCUT2D eigenvalue weighted by Gasteiger charge is -2.38. The molecule has 0 aliphatic carbocycles. The summed E-state index contributed by atoms with van der Waals surface area (Å²) in [5.41, 5.74) is -1.97. The van der Waals surface area contributed by atoms with E-state index in [0.717, 1.165) is 18.4 Å². The SMILES string of the molecule is C[C@]1([N+](=O)[O-])[C@H](c2ccccc2)[C@H]2CCCN2[C@]12C(=O)Nc1ccc([N+](=O)[O-])cc12. The molecule has 2 aromatic rings. The van der Waals surface area contributed by atoms with Crippen molar-refractivity contribution in [3.8, 4) is 0 Å². The number of rotatable bonds is 3. The van der Waals surface area contributed by atoms with Crippen molar-refractivity contribution in [2.24, 2.45) is 0 Å². The van der Waals surface area contributed by atoms with E-state index < -0.39 is 27.8 Å². The van der Waals surface area contributed by atoms with E-state index in [2.05, 4.69) is 5.32 Å². The zero-order chi connectivity index (χ0) is 21.3. The van der Waals surface area contributed by atoms with Crippen LogP contribution in [0.15, 0.2) is 48.5 Å². The van der Waals surface area contributed by atoms with Crippen LogP contribution in [-0.2, 0) is 10.3 Å². The summed E-state index contributed by atoms with van der Waals surface area (Å²) in [6.45, 7) is 2.05. The van der Waals surface area contributed by atoms with Gasteiger partial charge in [0.05, 0.1) is 10.8 Å². The minimum atomic E-state index is -1.70. The van der Waals surface area contributed by atoms with E-state index in [1.807, 2.05) is 35.2 Å². The van der Waals surface area contributed by atoms with Crippen LogP contribution in [0.2, 0.25) is 0 Å². The highest BCUT2D eigenvalue weighted by Gasteiger charge is 2.80. The van der Waals surface area contributed by atoms with Gasteiger partial charge in [-0.1, -0.05) is 30.3 Å². The molecular weight excluding hydrogens is 388 g/mol. The van der Waals surface area contributed by atoms with Gasteiger partial charge < -0.3 is 5.32 Å². The number of amides is 1. The quantitative estimate of drug-likeness (QED) is 0.616. The average Bonchev–Trinajstić information content (AvgIpc) is 3.35. The fourth-order valence-electron chi connectivity index (χ4n) is 6.08. The Balaban J connectivity index is 1.84. The predicted molar refractivity (Wildman–Crippen MR) is 108 cm³/mol. The molecule has 3 aliphatic heterocycles. The van der Waals surface area contributed by atoms with E-state index in [-0.39, 0.29) is 16.7 Å². The Labute approximate surface area is 172 Å². The van der Waals surface area contributed by atoms with Crippen molar-refractivity contribution in [2.75, 3.05) is 11.9 Å². The standard InChI is InChI=1S/C21H20N4O5/c1-20(25(29)30)18(13-6-3-2-4-7-13)17-8-5-11-23(17)21(20)15-12-14(24(27)28)9-10-16(15)22-19(21)26/h2-4,6-7,9-10,12,17-18H,5,8,11H2,1H3,(H,22,26)/t17-,18-,20+,21-/m1/s1. The molecule has 0 bridgehead atoms. The molecule has 2 saturated heterocycles. The third kappa shape index (κ3) is 2.02. The van der Waals surface area contributed by atoms with Crippen molar-refractivity contribution in [1.82, 2.24) is 4.90 Å². The third-order valence-electron chi connectivity index (χ3n) is 7.17. The van der Waals surface area contributed by atoms with Gasteiger partial charge in [-0.15, -0.1) is 0 Å². The van der Waals surface area contributed by atoms with Crippen LogP contribution in [0.3, 0.4) is 0 Å². The van der Waals surface area contributed by atoms with Gasteiger partial charge in [-0.05, 0) is 24.5 Å². The van der Waals surface area contributed by atoms with Gasteiger partial charge in [0.25, 0.3) is 17.1 Å². The predicted octanol–water partition coefficient (Wildman–Crippen LogP) is 3.04. The van der Waals surface area contributed by atoms with Crippen LogP contribution in [0.5, 0.6) is 0 Å². The maximum absolute atomic E-state index is 13.5. The monoisotopic (exact) mass is 408 g/mol. The second kappa shape index (κ2) is 6.09. The highest BCUT2D eigenvalue weighted by atomic mass is 16.6. The molecule has 0 radical (unpaired) electrons. The molecule has 2 fully saturated rings. The summed E-state index contributed by atoms with van der Waals surface area (Å²) in [4.78, 5) is 38.8. The molecule has 1 spiro atoms. The molecule has 0 unspecified atom stereocenters. The van der Waals surface area contributed by atoms with E-state index in [1.165, 1.54) is 25.1 Å². The zero-order valence-corrected chi connectivity index (χ0v) is 16.3. The molecule has 2 aromatic carbocycles. The number of nitro groups is 2. The fourth-order valence-corrected chi connectivity index (χ4v) is 6.08. The fraction of sp³-hybridized carbons (Fsp3) is 0.381. The minimum Gasteiger partial charge on any atom is -0.324 e. The van der Waals surface area contributed by atoms with Crippen LogP contribution in [0, 0.1) is 20.2 Å². The number of nitrogens with zero attached hydrogens (tertiary/aromatic N) is 3. The van der Waals surface area contributed by atoms with E-state index in [4.69, 9.17) is 0 Å². The summed E-state index contributed by atoms with van der Waals surface area (Å²) >= 11 is 0. The highest BCUT2D eigenvalue weighted by molar-refractivity contribution is 6.07. The summed E-state index contributed by atoms with van der Waals surface area (Å²) < 4.78 is 0. The first-order valence-electron chi connectivity index (χ1n) is 9.90. The van der Waals surface area contributed by atoms with Crippen molar-refractivity contribution < 1.29 is 14.6 Å². The van der Waals surface area contributed by atoms with Crippen LogP contribution in [0.1, 0.15) is 36.8 Å². The number of fused-ring (bicyclic) bond motifs is 4. The molecule has 1 N–H and O–H groups in total. The molecule has 154 valence electrons. The van der Waals surface area contributed by atoms with Crippen LogP contribution < -0.4 is 5.32 Å². The van der Waals surface area contributed by atoms with Crippen LogP contribution in [0.4, 0.5) is 11.4 Å². The lowest BCUT2D eigenvalue weighted by Crippen LogP contribution is -2.62. The van der Waals surface area contributed by atoms with Crippen molar-refractivity contribution in [1.29, 1.82) is 0 Å². The Morgan fingerprint density at radius 2 is 1.87 bits per heavy atom. The second-order valence-corrected chi connectivity index (χ2v) is 8.35. The van der Waals surface area contributed by atoms with Gasteiger partial charge in [-0.2, -0.15) is 0 Å². The van der Waals surface area contributed by atoms with Gasteiger partial charge >= 0.3 is 0 Å². The lowest BCUT2D eigenvalue weighted by atomic mass is 9.67. The number of carbonyl (C=O) groups is 1. The Morgan fingerprint density at radius 1 is 1.13 bits per heavy atom. The van der Waals surface area contributed by atoms with E-state index in [0.29, 0.717) is 17.8 Å². The maximum atomic E-state index is 13.5. The molecule has 30 heavy (non-hydrogen) atoms. The first-order valence-corrected chi connectivity index (χ1v) is 9.90. The first-order chi connectivity index (χ1) is 14.3. The van der Waals surface area contributed by atoms with Crippen LogP contribution >= 0.6 is 0 Å².